The zero-order valence-corrected chi connectivity index (χ0v) is 7.77. The molecule has 12 heavy (non-hydrogen) atoms. The fourth-order valence-electron chi connectivity index (χ4n) is 1.37. The van der Waals surface area contributed by atoms with Crippen LogP contribution in [0.3, 0.4) is 0 Å². The minimum absolute atomic E-state index is 0.590. The minimum Gasteiger partial charge on any atom is -0.103 e. The van der Waals surface area contributed by atoms with Gasteiger partial charge in [-0.2, -0.15) is 0 Å². The largest absolute Gasteiger partial charge is 0.103 e. The van der Waals surface area contributed by atoms with Crippen molar-refractivity contribution < 1.29 is 0 Å². The Morgan fingerprint density at radius 2 is 1.92 bits per heavy atom. The van der Waals surface area contributed by atoms with Crippen LogP contribution in [0.5, 0.6) is 0 Å². The van der Waals surface area contributed by atoms with Gasteiger partial charge in [-0.25, -0.2) is 0 Å². The molecule has 1 rings (SSSR count). The van der Waals surface area contributed by atoms with Crippen LogP contribution in [0, 0.1) is 11.8 Å². The van der Waals surface area contributed by atoms with Crippen molar-refractivity contribution in [1.82, 2.24) is 0 Å². The molecule has 0 heterocycles. The van der Waals surface area contributed by atoms with Gasteiger partial charge in [-0.05, 0) is 36.3 Å². The van der Waals surface area contributed by atoms with Gasteiger partial charge in [0.05, 0.1) is 0 Å². The Morgan fingerprint density at radius 1 is 1.33 bits per heavy atom. The Balaban J connectivity index is 2.56. The lowest BCUT2D eigenvalue weighted by Crippen LogP contribution is -1.91. The van der Waals surface area contributed by atoms with Crippen LogP contribution in [0.2, 0.25) is 0 Å². The number of allylic oxidation sites excluding steroid dienone is 4. The SMILES string of the molecule is C=CC1CC1C(=C)C(=C)C(=C)C. The van der Waals surface area contributed by atoms with E-state index >= 15 is 0 Å². The van der Waals surface area contributed by atoms with Gasteiger partial charge in [0.15, 0.2) is 0 Å². The summed E-state index contributed by atoms with van der Waals surface area (Å²) in [6.45, 7) is 17.6. The van der Waals surface area contributed by atoms with Gasteiger partial charge in [0.1, 0.15) is 0 Å². The topological polar surface area (TPSA) is 0 Å². The molecule has 0 heteroatoms. The first-order valence-corrected chi connectivity index (χ1v) is 4.24. The summed E-state index contributed by atoms with van der Waals surface area (Å²) in [5.74, 6) is 1.22. The van der Waals surface area contributed by atoms with Crippen LogP contribution in [-0.4, -0.2) is 0 Å². The summed E-state index contributed by atoms with van der Waals surface area (Å²) >= 11 is 0. The highest BCUT2D eigenvalue weighted by atomic mass is 14.4. The molecule has 0 amide bonds. The molecule has 64 valence electrons. The third-order valence-electron chi connectivity index (χ3n) is 2.49. The second-order valence-corrected chi connectivity index (χ2v) is 3.53. The van der Waals surface area contributed by atoms with Crippen molar-refractivity contribution in [1.29, 1.82) is 0 Å². The van der Waals surface area contributed by atoms with Gasteiger partial charge in [0, 0.05) is 0 Å². The first-order valence-electron chi connectivity index (χ1n) is 4.24. The molecule has 0 aliphatic heterocycles. The van der Waals surface area contributed by atoms with Gasteiger partial charge in [-0.3, -0.25) is 0 Å². The first kappa shape index (κ1) is 9.05. The van der Waals surface area contributed by atoms with Crippen molar-refractivity contribution in [3.05, 3.63) is 49.1 Å². The Morgan fingerprint density at radius 3 is 2.25 bits per heavy atom. The summed E-state index contributed by atoms with van der Waals surface area (Å²) in [6.07, 6.45) is 3.19. The Kier molecular flexibility index (Phi) is 2.37. The third kappa shape index (κ3) is 1.58. The van der Waals surface area contributed by atoms with E-state index in [0.717, 1.165) is 16.7 Å². The maximum absolute atomic E-state index is 4.03. The zero-order chi connectivity index (χ0) is 9.30. The molecule has 0 bridgehead atoms. The van der Waals surface area contributed by atoms with Gasteiger partial charge < -0.3 is 0 Å². The van der Waals surface area contributed by atoms with E-state index < -0.39 is 0 Å². The monoisotopic (exact) mass is 160 g/mol. The van der Waals surface area contributed by atoms with Crippen LogP contribution < -0.4 is 0 Å². The van der Waals surface area contributed by atoms with Crippen LogP contribution in [0.15, 0.2) is 49.1 Å². The molecular weight excluding hydrogens is 144 g/mol. The Hall–Kier alpha value is -1.04. The van der Waals surface area contributed by atoms with Crippen LogP contribution in [0.1, 0.15) is 13.3 Å². The molecule has 0 radical (unpaired) electrons. The molecular formula is C12H16. The minimum atomic E-state index is 0.590. The Labute approximate surface area is 75.0 Å². The van der Waals surface area contributed by atoms with E-state index in [1.54, 1.807) is 0 Å². The van der Waals surface area contributed by atoms with Crippen molar-refractivity contribution in [3.8, 4) is 0 Å². The van der Waals surface area contributed by atoms with Gasteiger partial charge in [0.25, 0.3) is 0 Å². The smallest absolute Gasteiger partial charge is 0.00931 e. The molecule has 2 atom stereocenters. The molecule has 1 aliphatic rings. The van der Waals surface area contributed by atoms with Crippen molar-refractivity contribution in [2.24, 2.45) is 11.8 Å². The molecule has 0 N–H and O–H groups in total. The van der Waals surface area contributed by atoms with Crippen LogP contribution in [-0.2, 0) is 0 Å². The fourth-order valence-corrected chi connectivity index (χ4v) is 1.37. The van der Waals surface area contributed by atoms with E-state index in [1.807, 2.05) is 13.0 Å². The molecule has 0 aromatic heterocycles. The highest BCUT2D eigenvalue weighted by molar-refractivity contribution is 5.44. The molecule has 0 saturated heterocycles. The summed E-state index contributed by atoms with van der Waals surface area (Å²) in [6, 6.07) is 0. The lowest BCUT2D eigenvalue weighted by molar-refractivity contribution is 0.943. The molecule has 1 saturated carbocycles. The Bertz CT molecular complexity index is 255. The van der Waals surface area contributed by atoms with E-state index in [9.17, 15) is 0 Å². The zero-order valence-electron chi connectivity index (χ0n) is 7.77. The summed E-state index contributed by atoms with van der Waals surface area (Å²) in [7, 11) is 0. The highest BCUT2D eigenvalue weighted by Crippen LogP contribution is 2.47. The van der Waals surface area contributed by atoms with E-state index in [4.69, 9.17) is 0 Å². The van der Waals surface area contributed by atoms with E-state index in [2.05, 4.69) is 26.3 Å². The molecule has 1 aliphatic carbocycles. The maximum atomic E-state index is 4.03. The fraction of sp³-hybridized carbons (Fsp3) is 0.333. The highest BCUT2D eigenvalue weighted by Gasteiger charge is 2.37. The van der Waals surface area contributed by atoms with Crippen molar-refractivity contribution >= 4 is 0 Å². The van der Waals surface area contributed by atoms with Gasteiger partial charge in [0.2, 0.25) is 0 Å². The average Bonchev–Trinajstić information content (AvgIpc) is 2.80. The molecule has 0 aromatic rings. The average molecular weight is 160 g/mol. The molecule has 0 aromatic carbocycles. The lowest BCUT2D eigenvalue weighted by atomic mass is 9.98. The molecule has 2 unspecified atom stereocenters. The lowest BCUT2D eigenvalue weighted by Gasteiger charge is -2.07. The summed E-state index contributed by atoms with van der Waals surface area (Å²) in [4.78, 5) is 0. The van der Waals surface area contributed by atoms with Gasteiger partial charge in [-0.15, -0.1) is 6.58 Å². The second-order valence-electron chi connectivity index (χ2n) is 3.53. The second kappa shape index (κ2) is 3.14. The number of hydrogen-bond donors (Lipinski definition) is 0. The van der Waals surface area contributed by atoms with Crippen LogP contribution in [0.4, 0.5) is 0 Å². The first-order chi connectivity index (χ1) is 5.57. The van der Waals surface area contributed by atoms with E-state index in [-0.39, 0.29) is 0 Å². The number of rotatable bonds is 4. The molecule has 0 spiro atoms. The van der Waals surface area contributed by atoms with Crippen molar-refractivity contribution in [2.45, 2.75) is 13.3 Å². The quantitative estimate of drug-likeness (QED) is 0.436. The van der Waals surface area contributed by atoms with E-state index in [0.29, 0.717) is 11.8 Å². The predicted octanol–water partition coefficient (Wildman–Crippen LogP) is 3.50. The third-order valence-corrected chi connectivity index (χ3v) is 2.49. The molecule has 1 fully saturated rings. The van der Waals surface area contributed by atoms with Gasteiger partial charge >= 0.3 is 0 Å². The van der Waals surface area contributed by atoms with Crippen molar-refractivity contribution in [3.63, 3.8) is 0 Å². The summed E-state index contributed by atoms with van der Waals surface area (Å²) in [5, 5.41) is 0. The maximum Gasteiger partial charge on any atom is -0.00931 e. The number of hydrogen-bond acceptors (Lipinski definition) is 0. The summed E-state index contributed by atoms with van der Waals surface area (Å²) < 4.78 is 0. The normalized spacial score (nSPS) is 26.1. The predicted molar refractivity (Wildman–Crippen MR) is 54.9 cm³/mol. The summed E-state index contributed by atoms with van der Waals surface area (Å²) in [5.41, 5.74) is 3.19. The van der Waals surface area contributed by atoms with Gasteiger partial charge in [-0.1, -0.05) is 31.4 Å². The van der Waals surface area contributed by atoms with Crippen molar-refractivity contribution in [2.75, 3.05) is 0 Å². The van der Waals surface area contributed by atoms with Crippen LogP contribution >= 0.6 is 0 Å². The standard InChI is InChI=1S/C12H16/c1-6-11-7-12(11)10(5)9(4)8(2)3/h6,11-12H,1-2,4-5,7H2,3H3. The molecule has 0 nitrogen and oxygen atoms in total. The van der Waals surface area contributed by atoms with Crippen LogP contribution in [0.25, 0.3) is 0 Å². The van der Waals surface area contributed by atoms with E-state index in [1.165, 1.54) is 6.42 Å².